The predicted octanol–water partition coefficient (Wildman–Crippen LogP) is -0.854. The number of nitrogens with zero attached hydrogens (tertiary/aromatic N) is 2. The molecule has 1 fully saturated rings. The number of hydrogen-bond donors (Lipinski definition) is 1. The van der Waals surface area contributed by atoms with Crippen LogP contribution in [0.2, 0.25) is 0 Å². The molecule has 2 heterocycles. The zero-order valence-corrected chi connectivity index (χ0v) is 11.6. The zero-order valence-electron chi connectivity index (χ0n) is 10.8. The third-order valence-corrected chi connectivity index (χ3v) is 5.18. The summed E-state index contributed by atoms with van der Waals surface area (Å²) in [5.41, 5.74) is 0.322. The van der Waals surface area contributed by atoms with Crippen LogP contribution in [0.5, 0.6) is 0 Å². The fraction of sp³-hybridized carbons (Fsp3) is 0.727. The first-order valence-electron chi connectivity index (χ1n) is 6.20. The predicted molar refractivity (Wildman–Crippen MR) is 69.2 cm³/mol. The number of hydrogen-bond acceptors (Lipinski definition) is 5. The van der Waals surface area contributed by atoms with Crippen LogP contribution in [0.1, 0.15) is 19.3 Å². The SMILES string of the molecule is CN1N=C(C(=O)NC[C@H]2CCS(=O)(=O)C2)CCC1=O. The highest BCUT2D eigenvalue weighted by molar-refractivity contribution is 7.91. The molecule has 0 spiro atoms. The van der Waals surface area contributed by atoms with Crippen LogP contribution in [0, 0.1) is 5.92 Å². The van der Waals surface area contributed by atoms with Gasteiger partial charge in [-0.2, -0.15) is 5.10 Å². The Hall–Kier alpha value is -1.44. The van der Waals surface area contributed by atoms with Crippen LogP contribution >= 0.6 is 0 Å². The van der Waals surface area contributed by atoms with Gasteiger partial charge < -0.3 is 5.32 Å². The van der Waals surface area contributed by atoms with Crippen molar-refractivity contribution < 1.29 is 18.0 Å². The maximum atomic E-state index is 11.8. The van der Waals surface area contributed by atoms with E-state index in [9.17, 15) is 18.0 Å². The Morgan fingerprint density at radius 2 is 2.21 bits per heavy atom. The molecule has 2 aliphatic rings. The van der Waals surface area contributed by atoms with E-state index in [0.29, 0.717) is 25.1 Å². The number of carbonyl (C=O) groups is 2. The van der Waals surface area contributed by atoms with E-state index >= 15 is 0 Å². The second-order valence-electron chi connectivity index (χ2n) is 4.94. The van der Waals surface area contributed by atoms with Crippen molar-refractivity contribution in [2.24, 2.45) is 11.0 Å². The fourth-order valence-corrected chi connectivity index (χ4v) is 4.07. The van der Waals surface area contributed by atoms with E-state index in [1.54, 1.807) is 0 Å². The third kappa shape index (κ3) is 3.52. The average Bonchev–Trinajstić information content (AvgIpc) is 2.69. The van der Waals surface area contributed by atoms with E-state index in [1.165, 1.54) is 12.1 Å². The van der Waals surface area contributed by atoms with E-state index in [4.69, 9.17) is 0 Å². The van der Waals surface area contributed by atoms with Crippen molar-refractivity contribution in [2.75, 3.05) is 25.1 Å². The van der Waals surface area contributed by atoms with Gasteiger partial charge in [0.25, 0.3) is 5.91 Å². The van der Waals surface area contributed by atoms with E-state index in [-0.39, 0.29) is 35.7 Å². The van der Waals surface area contributed by atoms with Crippen molar-refractivity contribution in [2.45, 2.75) is 19.3 Å². The molecule has 2 rings (SSSR count). The molecule has 0 radical (unpaired) electrons. The first-order chi connectivity index (χ1) is 8.87. The van der Waals surface area contributed by atoms with Gasteiger partial charge in [-0.15, -0.1) is 0 Å². The molecule has 1 N–H and O–H groups in total. The number of nitrogens with one attached hydrogen (secondary N) is 1. The monoisotopic (exact) mass is 287 g/mol. The van der Waals surface area contributed by atoms with Gasteiger partial charge in [0.05, 0.1) is 11.5 Å². The number of sulfone groups is 1. The lowest BCUT2D eigenvalue weighted by Gasteiger charge is -2.19. The molecule has 0 aromatic carbocycles. The van der Waals surface area contributed by atoms with Gasteiger partial charge in [0.2, 0.25) is 5.91 Å². The molecule has 7 nitrogen and oxygen atoms in total. The largest absolute Gasteiger partial charge is 0.351 e. The lowest BCUT2D eigenvalue weighted by atomic mass is 10.1. The lowest BCUT2D eigenvalue weighted by Crippen LogP contribution is -2.39. The highest BCUT2D eigenvalue weighted by atomic mass is 32.2. The number of rotatable bonds is 3. The van der Waals surface area contributed by atoms with Crippen LogP contribution in [0.4, 0.5) is 0 Å². The molecule has 19 heavy (non-hydrogen) atoms. The Bertz CT molecular complexity index is 526. The molecular weight excluding hydrogens is 270 g/mol. The van der Waals surface area contributed by atoms with Crippen molar-refractivity contribution in [3.63, 3.8) is 0 Å². The van der Waals surface area contributed by atoms with E-state index in [1.807, 2.05) is 0 Å². The lowest BCUT2D eigenvalue weighted by molar-refractivity contribution is -0.130. The number of hydrazone groups is 1. The van der Waals surface area contributed by atoms with Gasteiger partial charge in [-0.25, -0.2) is 13.4 Å². The minimum absolute atomic E-state index is 0.0162. The van der Waals surface area contributed by atoms with Gasteiger partial charge >= 0.3 is 0 Å². The minimum atomic E-state index is -2.92. The summed E-state index contributed by atoms with van der Waals surface area (Å²) in [7, 11) is -1.41. The third-order valence-electron chi connectivity index (χ3n) is 3.35. The van der Waals surface area contributed by atoms with Crippen LogP contribution in [0.25, 0.3) is 0 Å². The molecule has 2 aliphatic heterocycles. The molecule has 0 bridgehead atoms. The second-order valence-corrected chi connectivity index (χ2v) is 7.17. The maximum absolute atomic E-state index is 11.8. The molecule has 0 saturated carbocycles. The van der Waals surface area contributed by atoms with E-state index in [2.05, 4.69) is 10.4 Å². The van der Waals surface area contributed by atoms with Crippen LogP contribution in [-0.2, 0) is 19.4 Å². The van der Waals surface area contributed by atoms with Crippen molar-refractivity contribution in [1.82, 2.24) is 10.3 Å². The maximum Gasteiger partial charge on any atom is 0.267 e. The van der Waals surface area contributed by atoms with Crippen molar-refractivity contribution in [1.29, 1.82) is 0 Å². The molecule has 0 unspecified atom stereocenters. The highest BCUT2D eigenvalue weighted by Gasteiger charge is 2.29. The molecule has 106 valence electrons. The molecule has 1 atom stereocenters. The van der Waals surface area contributed by atoms with Gasteiger partial charge in [0, 0.05) is 26.4 Å². The normalized spacial score (nSPS) is 26.2. The summed E-state index contributed by atoms with van der Waals surface area (Å²) >= 11 is 0. The van der Waals surface area contributed by atoms with Crippen LogP contribution in [0.3, 0.4) is 0 Å². The van der Waals surface area contributed by atoms with Crippen molar-refractivity contribution in [3.8, 4) is 0 Å². The molecule has 2 amide bonds. The second kappa shape index (κ2) is 5.28. The molecule has 1 saturated heterocycles. The Labute approximate surface area is 112 Å². The van der Waals surface area contributed by atoms with Gasteiger partial charge in [0.1, 0.15) is 5.71 Å². The van der Waals surface area contributed by atoms with Crippen molar-refractivity contribution >= 4 is 27.4 Å². The summed E-state index contributed by atoms with van der Waals surface area (Å²) in [6.45, 7) is 0.342. The summed E-state index contributed by atoms with van der Waals surface area (Å²) in [5.74, 6) is -0.108. The average molecular weight is 287 g/mol. The van der Waals surface area contributed by atoms with E-state index in [0.717, 1.165) is 0 Å². The van der Waals surface area contributed by atoms with Crippen LogP contribution in [-0.4, -0.2) is 56.1 Å². The first kappa shape index (κ1) is 14.0. The van der Waals surface area contributed by atoms with E-state index < -0.39 is 9.84 Å². The summed E-state index contributed by atoms with van der Waals surface area (Å²) in [5, 5.41) is 7.77. The fourth-order valence-electron chi connectivity index (χ4n) is 2.20. The van der Waals surface area contributed by atoms with Gasteiger partial charge in [0.15, 0.2) is 9.84 Å². The molecule has 8 heteroatoms. The number of carbonyl (C=O) groups excluding carboxylic acids is 2. The highest BCUT2D eigenvalue weighted by Crippen LogP contribution is 2.17. The Balaban J connectivity index is 1.85. The summed E-state index contributed by atoms with van der Waals surface area (Å²) in [4.78, 5) is 23.1. The van der Waals surface area contributed by atoms with Crippen LogP contribution in [0.15, 0.2) is 5.10 Å². The quantitative estimate of drug-likeness (QED) is 0.731. The van der Waals surface area contributed by atoms with Gasteiger partial charge in [-0.3, -0.25) is 9.59 Å². The van der Waals surface area contributed by atoms with Gasteiger partial charge in [-0.05, 0) is 12.3 Å². The Morgan fingerprint density at radius 3 is 2.79 bits per heavy atom. The summed E-state index contributed by atoms with van der Waals surface area (Å²) < 4.78 is 22.6. The summed E-state index contributed by atoms with van der Waals surface area (Å²) in [6, 6.07) is 0. The summed E-state index contributed by atoms with van der Waals surface area (Å²) in [6.07, 6.45) is 1.20. The Morgan fingerprint density at radius 1 is 1.47 bits per heavy atom. The molecule has 0 aromatic heterocycles. The molecule has 0 aromatic rings. The van der Waals surface area contributed by atoms with Crippen LogP contribution < -0.4 is 5.32 Å². The molecule has 0 aliphatic carbocycles. The van der Waals surface area contributed by atoms with Crippen molar-refractivity contribution in [3.05, 3.63) is 0 Å². The first-order valence-corrected chi connectivity index (χ1v) is 8.02. The number of amides is 2. The molecular formula is C11H17N3O4S. The smallest absolute Gasteiger partial charge is 0.267 e. The minimum Gasteiger partial charge on any atom is -0.351 e. The Kier molecular flexibility index (Phi) is 3.88. The van der Waals surface area contributed by atoms with Gasteiger partial charge in [-0.1, -0.05) is 0 Å². The zero-order chi connectivity index (χ0) is 14.0. The standard InChI is InChI=1S/C11H17N3O4S/c1-14-10(15)3-2-9(13-14)11(16)12-6-8-4-5-19(17,18)7-8/h8H,2-7H2,1H3,(H,12,16)/t8-/m1/s1. The topological polar surface area (TPSA) is 95.9 Å².